The van der Waals surface area contributed by atoms with Crippen molar-refractivity contribution >= 4 is 17.9 Å². The van der Waals surface area contributed by atoms with Crippen LogP contribution in [0.4, 0.5) is 9.18 Å². The zero-order chi connectivity index (χ0) is 18.6. The van der Waals surface area contributed by atoms with Gasteiger partial charge in [0.25, 0.3) is 5.91 Å². The molecule has 0 atom stereocenters. The fourth-order valence-corrected chi connectivity index (χ4v) is 2.44. The van der Waals surface area contributed by atoms with Crippen molar-refractivity contribution < 1.29 is 28.2 Å². The maximum absolute atomic E-state index is 13.5. The van der Waals surface area contributed by atoms with E-state index in [1.165, 1.54) is 19.2 Å². The molecule has 25 heavy (non-hydrogen) atoms. The van der Waals surface area contributed by atoms with Crippen LogP contribution in [0.1, 0.15) is 32.3 Å². The molecule has 0 aliphatic carbocycles. The van der Waals surface area contributed by atoms with E-state index in [4.69, 9.17) is 9.47 Å². The van der Waals surface area contributed by atoms with Crippen LogP contribution in [-0.4, -0.2) is 42.0 Å². The number of esters is 1. The molecule has 0 spiro atoms. The van der Waals surface area contributed by atoms with E-state index in [1.54, 1.807) is 19.9 Å². The molecule has 0 saturated carbocycles. The first kappa shape index (κ1) is 18.7. The SMILES string of the molecule is COc1ccc(COC(=O)CCCN2C(=O)NC(C)(C)C2=O)cc1F. The second-order valence-corrected chi connectivity index (χ2v) is 6.25. The van der Waals surface area contributed by atoms with E-state index in [9.17, 15) is 18.8 Å². The minimum atomic E-state index is -0.921. The van der Waals surface area contributed by atoms with Crippen LogP contribution in [-0.2, 0) is 20.9 Å². The summed E-state index contributed by atoms with van der Waals surface area (Å²) < 4.78 is 23.4. The lowest BCUT2D eigenvalue weighted by Crippen LogP contribution is -2.40. The van der Waals surface area contributed by atoms with Crippen LogP contribution in [0, 0.1) is 5.82 Å². The predicted octanol–water partition coefficient (Wildman–Crippen LogP) is 1.99. The highest BCUT2D eigenvalue weighted by atomic mass is 19.1. The van der Waals surface area contributed by atoms with Crippen molar-refractivity contribution in [3.05, 3.63) is 29.6 Å². The summed E-state index contributed by atoms with van der Waals surface area (Å²) in [6.07, 6.45) is 0.348. The van der Waals surface area contributed by atoms with Crippen molar-refractivity contribution in [3.8, 4) is 5.75 Å². The summed E-state index contributed by atoms with van der Waals surface area (Å²) in [5.41, 5.74) is -0.418. The van der Waals surface area contributed by atoms with Crippen molar-refractivity contribution in [3.63, 3.8) is 0 Å². The number of methoxy groups -OCH3 is 1. The third kappa shape index (κ3) is 4.46. The number of benzene rings is 1. The summed E-state index contributed by atoms with van der Waals surface area (Å²) in [6.45, 7) is 3.32. The van der Waals surface area contributed by atoms with E-state index in [2.05, 4.69) is 5.32 Å². The van der Waals surface area contributed by atoms with Gasteiger partial charge in [0.05, 0.1) is 7.11 Å². The lowest BCUT2D eigenvalue weighted by molar-refractivity contribution is -0.145. The van der Waals surface area contributed by atoms with Gasteiger partial charge in [0.1, 0.15) is 12.1 Å². The Balaban J connectivity index is 1.75. The van der Waals surface area contributed by atoms with Gasteiger partial charge in [-0.1, -0.05) is 6.07 Å². The van der Waals surface area contributed by atoms with Gasteiger partial charge in [0, 0.05) is 13.0 Å². The van der Waals surface area contributed by atoms with Gasteiger partial charge < -0.3 is 14.8 Å². The van der Waals surface area contributed by atoms with Crippen LogP contribution in [0.25, 0.3) is 0 Å². The molecule has 0 aromatic heterocycles. The van der Waals surface area contributed by atoms with Gasteiger partial charge in [0.2, 0.25) is 0 Å². The second-order valence-electron chi connectivity index (χ2n) is 6.25. The van der Waals surface area contributed by atoms with Gasteiger partial charge in [-0.2, -0.15) is 0 Å². The number of hydrogen-bond acceptors (Lipinski definition) is 5. The monoisotopic (exact) mass is 352 g/mol. The predicted molar refractivity (Wildman–Crippen MR) is 86.3 cm³/mol. The zero-order valence-electron chi connectivity index (χ0n) is 14.4. The minimum Gasteiger partial charge on any atom is -0.494 e. The first-order chi connectivity index (χ1) is 11.7. The normalized spacial score (nSPS) is 15.9. The number of rotatable bonds is 7. The molecule has 2 rings (SSSR count). The third-order valence-corrected chi connectivity index (χ3v) is 3.82. The van der Waals surface area contributed by atoms with Crippen LogP contribution in [0.3, 0.4) is 0 Å². The minimum absolute atomic E-state index is 0.0517. The lowest BCUT2D eigenvalue weighted by atomic mass is 10.1. The highest BCUT2D eigenvalue weighted by Gasteiger charge is 2.43. The third-order valence-electron chi connectivity index (χ3n) is 3.82. The Labute approximate surface area is 145 Å². The van der Waals surface area contributed by atoms with E-state index in [0.29, 0.717) is 12.0 Å². The fraction of sp³-hybridized carbons (Fsp3) is 0.471. The topological polar surface area (TPSA) is 84.9 Å². The summed E-state index contributed by atoms with van der Waals surface area (Å²) in [5.74, 6) is -1.22. The van der Waals surface area contributed by atoms with E-state index in [-0.39, 0.29) is 31.2 Å². The van der Waals surface area contributed by atoms with Gasteiger partial charge in [-0.3, -0.25) is 14.5 Å². The van der Waals surface area contributed by atoms with E-state index in [1.807, 2.05) is 0 Å². The molecule has 1 N–H and O–H groups in total. The standard InChI is InChI=1S/C17H21FN2O5/c1-17(2)15(22)20(16(23)19-17)8-4-5-14(21)25-10-11-6-7-13(24-3)12(18)9-11/h6-7,9H,4-5,8,10H2,1-3H3,(H,19,23). The summed E-state index contributed by atoms with van der Waals surface area (Å²) in [6, 6.07) is 3.83. The average molecular weight is 352 g/mol. The maximum atomic E-state index is 13.5. The average Bonchev–Trinajstić information content (AvgIpc) is 2.74. The number of carbonyl (C=O) groups excluding carboxylic acids is 3. The Hall–Kier alpha value is -2.64. The summed E-state index contributed by atoms with van der Waals surface area (Å²) in [5, 5.41) is 2.57. The van der Waals surface area contributed by atoms with Gasteiger partial charge in [0.15, 0.2) is 11.6 Å². The smallest absolute Gasteiger partial charge is 0.325 e. The maximum Gasteiger partial charge on any atom is 0.325 e. The molecular formula is C17H21FN2O5. The highest BCUT2D eigenvalue weighted by molar-refractivity contribution is 6.06. The van der Waals surface area contributed by atoms with Gasteiger partial charge >= 0.3 is 12.0 Å². The van der Waals surface area contributed by atoms with Crippen LogP contribution in [0.15, 0.2) is 18.2 Å². The molecule has 1 fully saturated rings. The molecule has 1 aliphatic heterocycles. The number of nitrogens with one attached hydrogen (secondary N) is 1. The number of amides is 3. The first-order valence-electron chi connectivity index (χ1n) is 7.87. The number of halogens is 1. The van der Waals surface area contributed by atoms with E-state index < -0.39 is 23.4 Å². The Kier molecular flexibility index (Phi) is 5.61. The van der Waals surface area contributed by atoms with Crippen molar-refractivity contribution in [2.24, 2.45) is 0 Å². The molecule has 1 aromatic rings. The Morgan fingerprint density at radius 2 is 2.04 bits per heavy atom. The van der Waals surface area contributed by atoms with E-state index in [0.717, 1.165) is 4.90 Å². The summed E-state index contributed by atoms with van der Waals surface area (Å²) in [7, 11) is 1.37. The van der Waals surface area contributed by atoms with Crippen LogP contribution in [0.5, 0.6) is 5.75 Å². The second kappa shape index (κ2) is 7.50. The Morgan fingerprint density at radius 3 is 2.60 bits per heavy atom. The van der Waals surface area contributed by atoms with Gasteiger partial charge in [-0.25, -0.2) is 9.18 Å². The fourth-order valence-electron chi connectivity index (χ4n) is 2.44. The largest absolute Gasteiger partial charge is 0.494 e. The number of ether oxygens (including phenoxy) is 2. The van der Waals surface area contributed by atoms with Crippen molar-refractivity contribution in [2.75, 3.05) is 13.7 Å². The number of nitrogens with zero attached hydrogens (tertiary/aromatic N) is 1. The molecule has 8 heteroatoms. The van der Waals surface area contributed by atoms with E-state index >= 15 is 0 Å². The first-order valence-corrected chi connectivity index (χ1v) is 7.87. The molecular weight excluding hydrogens is 331 g/mol. The molecule has 0 bridgehead atoms. The number of imide groups is 1. The quantitative estimate of drug-likeness (QED) is 0.599. The Morgan fingerprint density at radius 1 is 1.32 bits per heavy atom. The van der Waals surface area contributed by atoms with Crippen molar-refractivity contribution in [2.45, 2.75) is 38.8 Å². The molecule has 1 aromatic carbocycles. The number of carbonyl (C=O) groups is 3. The molecule has 7 nitrogen and oxygen atoms in total. The van der Waals surface area contributed by atoms with Crippen LogP contribution >= 0.6 is 0 Å². The number of hydrogen-bond donors (Lipinski definition) is 1. The summed E-state index contributed by atoms with van der Waals surface area (Å²) in [4.78, 5) is 36.5. The molecule has 1 heterocycles. The Bertz CT molecular complexity index is 690. The van der Waals surface area contributed by atoms with Crippen LogP contribution in [0.2, 0.25) is 0 Å². The molecule has 136 valence electrons. The molecule has 1 saturated heterocycles. The lowest BCUT2D eigenvalue weighted by Gasteiger charge is -2.15. The molecule has 1 aliphatic rings. The van der Waals surface area contributed by atoms with Crippen molar-refractivity contribution in [1.29, 1.82) is 0 Å². The summed E-state index contributed by atoms with van der Waals surface area (Å²) >= 11 is 0. The van der Waals surface area contributed by atoms with Crippen LogP contribution < -0.4 is 10.1 Å². The van der Waals surface area contributed by atoms with Gasteiger partial charge in [-0.05, 0) is 38.0 Å². The molecule has 3 amide bonds. The highest BCUT2D eigenvalue weighted by Crippen LogP contribution is 2.19. The molecule has 0 radical (unpaired) electrons. The molecule has 0 unspecified atom stereocenters. The van der Waals surface area contributed by atoms with Crippen molar-refractivity contribution in [1.82, 2.24) is 10.2 Å². The zero-order valence-corrected chi connectivity index (χ0v) is 14.4. The number of urea groups is 1. The van der Waals surface area contributed by atoms with Gasteiger partial charge in [-0.15, -0.1) is 0 Å².